The Balaban J connectivity index is 2.31. The molecule has 0 fully saturated rings. The molecule has 0 heterocycles. The van der Waals surface area contributed by atoms with E-state index in [0.29, 0.717) is 0 Å². The van der Waals surface area contributed by atoms with Crippen LogP contribution in [-0.4, -0.2) is 0 Å². The van der Waals surface area contributed by atoms with Crippen molar-refractivity contribution >= 4 is 32.3 Å². The third-order valence-electron chi connectivity index (χ3n) is 3.46. The van der Waals surface area contributed by atoms with Crippen molar-refractivity contribution < 1.29 is 0 Å². The van der Waals surface area contributed by atoms with Gasteiger partial charge in [0.2, 0.25) is 0 Å². The summed E-state index contributed by atoms with van der Waals surface area (Å²) in [6.45, 7) is 0. The van der Waals surface area contributed by atoms with Gasteiger partial charge in [0, 0.05) is 0 Å². The largest absolute Gasteiger partial charge is 0.0616 e. The van der Waals surface area contributed by atoms with Gasteiger partial charge in [-0.3, -0.25) is 0 Å². The van der Waals surface area contributed by atoms with Crippen LogP contribution in [0.3, 0.4) is 0 Å². The number of benzene rings is 4. The number of rotatable bonds is 0. The van der Waals surface area contributed by atoms with Crippen LogP contribution < -0.4 is 0 Å². The van der Waals surface area contributed by atoms with Crippen molar-refractivity contribution in [2.24, 2.45) is 0 Å². The molecule has 0 saturated carbocycles. The van der Waals surface area contributed by atoms with Gasteiger partial charge in [0.25, 0.3) is 0 Å². The smallest absolute Gasteiger partial charge is 0.00199 e. The molecular weight excluding hydrogens is 216 g/mol. The molecule has 0 unspecified atom stereocenters. The molecule has 0 aromatic heterocycles. The van der Waals surface area contributed by atoms with Crippen molar-refractivity contribution in [3.05, 3.63) is 72.8 Å². The lowest BCUT2D eigenvalue weighted by Crippen LogP contribution is -1.80. The maximum Gasteiger partial charge on any atom is -0.00199 e. The van der Waals surface area contributed by atoms with Crippen molar-refractivity contribution in [1.29, 1.82) is 0 Å². The van der Waals surface area contributed by atoms with Gasteiger partial charge in [-0.05, 0) is 50.5 Å². The van der Waals surface area contributed by atoms with Gasteiger partial charge in [0.15, 0.2) is 0 Å². The Morgan fingerprint density at radius 2 is 1.50 bits per heavy atom. The van der Waals surface area contributed by atoms with Gasteiger partial charge in [-0.15, -0.1) is 0 Å². The van der Waals surface area contributed by atoms with Gasteiger partial charge in [0.1, 0.15) is 0 Å². The van der Waals surface area contributed by atoms with Crippen molar-refractivity contribution in [2.75, 3.05) is 0 Å². The van der Waals surface area contributed by atoms with E-state index < -0.39 is 0 Å². The zero-order valence-electron chi connectivity index (χ0n) is 9.77. The molecular formula is C18H10. The minimum atomic E-state index is 1.18. The fourth-order valence-electron chi connectivity index (χ4n) is 2.59. The second-order valence-corrected chi connectivity index (χ2v) is 4.50. The maximum absolute atomic E-state index is 3.42. The summed E-state index contributed by atoms with van der Waals surface area (Å²) in [7, 11) is 0. The number of fused-ring (bicyclic) bond motifs is 5. The van der Waals surface area contributed by atoms with Crippen LogP contribution in [0.2, 0.25) is 0 Å². The van der Waals surface area contributed by atoms with Crippen LogP contribution in [0.1, 0.15) is 0 Å². The van der Waals surface area contributed by atoms with Crippen LogP contribution in [0.25, 0.3) is 32.3 Å². The van der Waals surface area contributed by atoms with Gasteiger partial charge in [-0.25, -0.2) is 0 Å². The average Bonchev–Trinajstić information content (AvgIpc) is 2.46. The normalized spacial score (nSPS) is 11.3. The predicted octanol–water partition coefficient (Wildman–Crippen LogP) is 4.75. The highest BCUT2D eigenvalue weighted by molar-refractivity contribution is 6.16. The Morgan fingerprint density at radius 1 is 0.611 bits per heavy atom. The standard InChI is InChI=1S/C18H10/c1-3-7-15-13(5-1)9-11-18-16-8-4-2-6-14(16)10-12-17(15)18/h1-7,9-11H. The van der Waals surface area contributed by atoms with Crippen LogP contribution in [-0.2, 0) is 0 Å². The molecule has 0 saturated heterocycles. The first-order chi connectivity index (χ1) is 8.93. The zero-order valence-corrected chi connectivity index (χ0v) is 9.77. The molecule has 0 aliphatic rings. The van der Waals surface area contributed by atoms with E-state index in [4.69, 9.17) is 0 Å². The first-order valence-corrected chi connectivity index (χ1v) is 6.06. The van der Waals surface area contributed by atoms with Crippen molar-refractivity contribution in [3.8, 4) is 0 Å². The summed E-state index contributed by atoms with van der Waals surface area (Å²) < 4.78 is 0. The van der Waals surface area contributed by atoms with Crippen molar-refractivity contribution in [3.63, 3.8) is 0 Å². The van der Waals surface area contributed by atoms with Gasteiger partial charge in [-0.2, -0.15) is 0 Å². The van der Waals surface area contributed by atoms with E-state index in [9.17, 15) is 0 Å². The molecule has 4 aromatic carbocycles. The van der Waals surface area contributed by atoms with Crippen LogP contribution in [0.4, 0.5) is 0 Å². The SMILES string of the molecule is [c]1cccc2c[c]c3c4ccccc4ccc3c12. The van der Waals surface area contributed by atoms with Crippen LogP contribution in [0, 0.1) is 12.1 Å². The quantitative estimate of drug-likeness (QED) is 0.380. The van der Waals surface area contributed by atoms with Crippen LogP contribution in [0.15, 0.2) is 60.7 Å². The van der Waals surface area contributed by atoms with Gasteiger partial charge < -0.3 is 0 Å². The first-order valence-electron chi connectivity index (χ1n) is 6.06. The minimum Gasteiger partial charge on any atom is -0.0616 e. The molecule has 0 aliphatic carbocycles. The Kier molecular flexibility index (Phi) is 1.92. The van der Waals surface area contributed by atoms with Crippen molar-refractivity contribution in [2.45, 2.75) is 0 Å². The Bertz CT molecular complexity index is 797. The number of hydrogen-bond acceptors (Lipinski definition) is 0. The highest BCUT2D eigenvalue weighted by atomic mass is 14.1. The van der Waals surface area contributed by atoms with Crippen molar-refractivity contribution in [1.82, 2.24) is 0 Å². The highest BCUT2D eigenvalue weighted by Gasteiger charge is 2.03. The summed E-state index contributed by atoms with van der Waals surface area (Å²) in [4.78, 5) is 0. The summed E-state index contributed by atoms with van der Waals surface area (Å²) in [6, 6.07) is 27.7. The summed E-state index contributed by atoms with van der Waals surface area (Å²) in [6.07, 6.45) is 0. The van der Waals surface area contributed by atoms with Gasteiger partial charge in [-0.1, -0.05) is 54.6 Å². The summed E-state index contributed by atoms with van der Waals surface area (Å²) in [5.74, 6) is 0. The number of hydrogen-bond donors (Lipinski definition) is 0. The monoisotopic (exact) mass is 226 g/mol. The third-order valence-corrected chi connectivity index (χ3v) is 3.46. The Hall–Kier alpha value is -2.34. The van der Waals surface area contributed by atoms with Crippen LogP contribution in [0.5, 0.6) is 0 Å². The van der Waals surface area contributed by atoms with E-state index in [-0.39, 0.29) is 0 Å². The summed E-state index contributed by atoms with van der Waals surface area (Å²) >= 11 is 0. The fraction of sp³-hybridized carbons (Fsp3) is 0. The van der Waals surface area contributed by atoms with Gasteiger partial charge in [0.05, 0.1) is 0 Å². The molecule has 0 N–H and O–H groups in total. The second kappa shape index (κ2) is 3.58. The fourth-order valence-corrected chi connectivity index (χ4v) is 2.59. The third kappa shape index (κ3) is 1.26. The lowest BCUT2D eigenvalue weighted by Gasteiger charge is -2.06. The average molecular weight is 226 g/mol. The van der Waals surface area contributed by atoms with E-state index in [0.717, 1.165) is 0 Å². The van der Waals surface area contributed by atoms with E-state index in [1.165, 1.54) is 32.3 Å². The molecule has 0 amide bonds. The topological polar surface area (TPSA) is 0 Å². The molecule has 2 radical (unpaired) electrons. The van der Waals surface area contributed by atoms with Crippen LogP contribution >= 0.6 is 0 Å². The molecule has 4 rings (SSSR count). The molecule has 0 heteroatoms. The lowest BCUT2D eigenvalue weighted by atomic mass is 9.97. The van der Waals surface area contributed by atoms with E-state index in [1.54, 1.807) is 0 Å². The molecule has 0 bridgehead atoms. The van der Waals surface area contributed by atoms with E-state index >= 15 is 0 Å². The van der Waals surface area contributed by atoms with E-state index in [2.05, 4.69) is 60.7 Å². The summed E-state index contributed by atoms with van der Waals surface area (Å²) in [5.41, 5.74) is 0. The molecule has 0 spiro atoms. The van der Waals surface area contributed by atoms with E-state index in [1.807, 2.05) is 12.1 Å². The lowest BCUT2D eigenvalue weighted by molar-refractivity contribution is 1.76. The Morgan fingerprint density at radius 3 is 2.50 bits per heavy atom. The highest BCUT2D eigenvalue weighted by Crippen LogP contribution is 2.30. The molecule has 18 heavy (non-hydrogen) atoms. The molecule has 82 valence electrons. The molecule has 4 aromatic rings. The molecule has 0 atom stereocenters. The Labute approximate surface area is 105 Å². The predicted molar refractivity (Wildman–Crippen MR) is 76.6 cm³/mol. The second-order valence-electron chi connectivity index (χ2n) is 4.50. The first kappa shape index (κ1) is 9.67. The minimum absolute atomic E-state index is 1.18. The maximum atomic E-state index is 3.42. The summed E-state index contributed by atoms with van der Waals surface area (Å²) in [5, 5.41) is 7.30. The zero-order chi connectivity index (χ0) is 11.9. The molecule has 0 nitrogen and oxygen atoms in total. The molecule has 0 aliphatic heterocycles. The van der Waals surface area contributed by atoms with Gasteiger partial charge >= 0.3 is 0 Å².